The molecule has 4 heteroatoms. The van der Waals surface area contributed by atoms with E-state index in [0.717, 1.165) is 12.2 Å². The van der Waals surface area contributed by atoms with Gasteiger partial charge in [-0.25, -0.2) is 0 Å². The van der Waals surface area contributed by atoms with Crippen molar-refractivity contribution in [2.45, 2.75) is 18.9 Å². The summed E-state index contributed by atoms with van der Waals surface area (Å²) in [7, 11) is 0. The summed E-state index contributed by atoms with van der Waals surface area (Å²) in [6.07, 6.45) is 0.930. The third-order valence-corrected chi connectivity index (χ3v) is 3.95. The highest BCUT2D eigenvalue weighted by molar-refractivity contribution is 6.30. The molecule has 1 unspecified atom stereocenters. The maximum Gasteiger partial charge on any atom is 0.124 e. The second-order valence-corrected chi connectivity index (χ2v) is 5.53. The molecular weight excluding hydrogens is 288 g/mol. The Morgan fingerprint density at radius 3 is 2.95 bits per heavy atom. The molecular formula is C17H17ClO3. The molecule has 3 rings (SSSR count). The Morgan fingerprint density at radius 2 is 2.10 bits per heavy atom. The van der Waals surface area contributed by atoms with Gasteiger partial charge in [-0.1, -0.05) is 29.8 Å². The number of halogens is 1. The Kier molecular flexibility index (Phi) is 4.32. The first-order valence-corrected chi connectivity index (χ1v) is 7.39. The molecule has 1 aliphatic heterocycles. The molecule has 0 aliphatic carbocycles. The number of benzene rings is 2. The maximum atomic E-state index is 9.38. The summed E-state index contributed by atoms with van der Waals surface area (Å²) >= 11 is 5.93. The van der Waals surface area contributed by atoms with E-state index in [1.165, 1.54) is 5.56 Å². The van der Waals surface area contributed by atoms with E-state index in [4.69, 9.17) is 21.1 Å². The van der Waals surface area contributed by atoms with Crippen molar-refractivity contribution in [2.24, 2.45) is 0 Å². The SMILES string of the molecule is OCc1cc(Cl)ccc1OCC1CCOc2ccccc21. The molecule has 0 amide bonds. The van der Waals surface area contributed by atoms with Crippen molar-refractivity contribution in [1.82, 2.24) is 0 Å². The van der Waals surface area contributed by atoms with Crippen LogP contribution in [-0.4, -0.2) is 18.3 Å². The van der Waals surface area contributed by atoms with Crippen molar-refractivity contribution in [1.29, 1.82) is 0 Å². The highest BCUT2D eigenvalue weighted by Crippen LogP contribution is 2.34. The van der Waals surface area contributed by atoms with Crippen LogP contribution in [0.1, 0.15) is 23.5 Å². The van der Waals surface area contributed by atoms with E-state index in [1.54, 1.807) is 18.2 Å². The van der Waals surface area contributed by atoms with Crippen LogP contribution in [0.5, 0.6) is 11.5 Å². The third kappa shape index (κ3) is 3.14. The third-order valence-electron chi connectivity index (χ3n) is 3.72. The van der Waals surface area contributed by atoms with Gasteiger partial charge in [0, 0.05) is 22.1 Å². The lowest BCUT2D eigenvalue weighted by molar-refractivity contribution is 0.211. The molecule has 0 aromatic heterocycles. The van der Waals surface area contributed by atoms with Crippen molar-refractivity contribution in [2.75, 3.05) is 13.2 Å². The topological polar surface area (TPSA) is 38.7 Å². The van der Waals surface area contributed by atoms with E-state index in [-0.39, 0.29) is 6.61 Å². The Balaban J connectivity index is 1.74. The molecule has 0 bridgehead atoms. The van der Waals surface area contributed by atoms with Gasteiger partial charge in [0.05, 0.1) is 19.8 Å². The Morgan fingerprint density at radius 1 is 1.24 bits per heavy atom. The van der Waals surface area contributed by atoms with Gasteiger partial charge in [0.2, 0.25) is 0 Å². The molecule has 0 spiro atoms. The fourth-order valence-electron chi connectivity index (χ4n) is 2.59. The zero-order valence-corrected chi connectivity index (χ0v) is 12.3. The lowest BCUT2D eigenvalue weighted by Crippen LogP contribution is -2.19. The minimum atomic E-state index is -0.0831. The van der Waals surface area contributed by atoms with Gasteiger partial charge in [-0.2, -0.15) is 0 Å². The Bertz CT molecular complexity index is 627. The summed E-state index contributed by atoms with van der Waals surface area (Å²) in [5.41, 5.74) is 1.89. The maximum absolute atomic E-state index is 9.38. The average molecular weight is 305 g/mol. The number of rotatable bonds is 4. The highest BCUT2D eigenvalue weighted by Gasteiger charge is 2.21. The standard InChI is InChI=1S/C17H17ClO3/c18-14-5-6-16(13(9-14)10-19)21-11-12-7-8-20-17-4-2-1-3-15(12)17/h1-6,9,12,19H,7-8,10-11H2. The van der Waals surface area contributed by atoms with Gasteiger partial charge >= 0.3 is 0 Å². The van der Waals surface area contributed by atoms with Crippen molar-refractivity contribution < 1.29 is 14.6 Å². The van der Waals surface area contributed by atoms with Crippen LogP contribution in [-0.2, 0) is 6.61 Å². The lowest BCUT2D eigenvalue weighted by Gasteiger charge is -2.26. The van der Waals surface area contributed by atoms with Gasteiger partial charge in [0.15, 0.2) is 0 Å². The molecule has 0 fully saturated rings. The van der Waals surface area contributed by atoms with Gasteiger partial charge in [-0.15, -0.1) is 0 Å². The van der Waals surface area contributed by atoms with Crippen LogP contribution in [0.15, 0.2) is 42.5 Å². The van der Waals surface area contributed by atoms with E-state index in [1.807, 2.05) is 18.2 Å². The molecule has 1 aliphatic rings. The number of fused-ring (bicyclic) bond motifs is 1. The second-order valence-electron chi connectivity index (χ2n) is 5.09. The molecule has 2 aromatic carbocycles. The molecule has 2 aromatic rings. The number of hydrogen-bond donors (Lipinski definition) is 1. The van der Waals surface area contributed by atoms with Gasteiger partial charge in [0.25, 0.3) is 0 Å². The largest absolute Gasteiger partial charge is 0.493 e. The van der Waals surface area contributed by atoms with Crippen molar-refractivity contribution in [3.05, 3.63) is 58.6 Å². The van der Waals surface area contributed by atoms with Crippen LogP contribution < -0.4 is 9.47 Å². The smallest absolute Gasteiger partial charge is 0.124 e. The van der Waals surface area contributed by atoms with E-state index < -0.39 is 0 Å². The number of ether oxygens (including phenoxy) is 2. The molecule has 1 heterocycles. The summed E-state index contributed by atoms with van der Waals surface area (Å²) in [5.74, 6) is 1.93. The molecule has 0 radical (unpaired) electrons. The van der Waals surface area contributed by atoms with Gasteiger partial charge < -0.3 is 14.6 Å². The molecule has 110 valence electrons. The van der Waals surface area contributed by atoms with E-state index in [9.17, 15) is 5.11 Å². The number of hydrogen-bond acceptors (Lipinski definition) is 3. The molecule has 3 nitrogen and oxygen atoms in total. The van der Waals surface area contributed by atoms with Crippen LogP contribution in [0, 0.1) is 0 Å². The lowest BCUT2D eigenvalue weighted by atomic mass is 9.94. The highest BCUT2D eigenvalue weighted by atomic mass is 35.5. The molecule has 0 saturated heterocycles. The minimum absolute atomic E-state index is 0.0831. The summed E-state index contributed by atoms with van der Waals surface area (Å²) in [6.45, 7) is 1.19. The summed E-state index contributed by atoms with van der Waals surface area (Å²) in [6, 6.07) is 13.4. The normalized spacial score (nSPS) is 17.0. The van der Waals surface area contributed by atoms with Crippen LogP contribution in [0.2, 0.25) is 5.02 Å². The second kappa shape index (κ2) is 6.37. The van der Waals surface area contributed by atoms with Crippen molar-refractivity contribution in [3.8, 4) is 11.5 Å². The van der Waals surface area contributed by atoms with E-state index >= 15 is 0 Å². The average Bonchev–Trinajstić information content (AvgIpc) is 2.53. The molecule has 21 heavy (non-hydrogen) atoms. The van der Waals surface area contributed by atoms with Crippen LogP contribution in [0.3, 0.4) is 0 Å². The van der Waals surface area contributed by atoms with Crippen LogP contribution in [0.25, 0.3) is 0 Å². The van der Waals surface area contributed by atoms with Crippen LogP contribution in [0.4, 0.5) is 0 Å². The number of aliphatic hydroxyl groups is 1. The first kappa shape index (κ1) is 14.2. The first-order valence-electron chi connectivity index (χ1n) is 7.01. The zero-order chi connectivity index (χ0) is 14.7. The predicted octanol–water partition coefficient (Wildman–Crippen LogP) is 3.78. The minimum Gasteiger partial charge on any atom is -0.493 e. The van der Waals surface area contributed by atoms with Gasteiger partial charge in [-0.3, -0.25) is 0 Å². The Hall–Kier alpha value is -1.71. The fourth-order valence-corrected chi connectivity index (χ4v) is 2.79. The monoisotopic (exact) mass is 304 g/mol. The summed E-state index contributed by atoms with van der Waals surface area (Å²) in [4.78, 5) is 0. The van der Waals surface area contributed by atoms with Gasteiger partial charge in [-0.05, 0) is 30.7 Å². The quantitative estimate of drug-likeness (QED) is 0.934. The van der Waals surface area contributed by atoms with Gasteiger partial charge in [0.1, 0.15) is 11.5 Å². The first-order chi connectivity index (χ1) is 10.3. The molecule has 0 saturated carbocycles. The van der Waals surface area contributed by atoms with Crippen molar-refractivity contribution in [3.63, 3.8) is 0 Å². The molecule has 1 N–H and O–H groups in total. The molecule has 1 atom stereocenters. The number of para-hydroxylation sites is 1. The number of aliphatic hydroxyl groups excluding tert-OH is 1. The van der Waals surface area contributed by atoms with E-state index in [0.29, 0.717) is 35.5 Å². The van der Waals surface area contributed by atoms with Crippen LogP contribution >= 0.6 is 11.6 Å². The Labute approximate surface area is 129 Å². The summed E-state index contributed by atoms with van der Waals surface area (Å²) in [5, 5.41) is 9.98. The zero-order valence-electron chi connectivity index (χ0n) is 11.6. The van der Waals surface area contributed by atoms with E-state index in [2.05, 4.69) is 6.07 Å². The summed E-state index contributed by atoms with van der Waals surface area (Å²) < 4.78 is 11.6. The van der Waals surface area contributed by atoms with Crippen molar-refractivity contribution >= 4 is 11.6 Å². The predicted molar refractivity (Wildman–Crippen MR) is 82.2 cm³/mol. The fraction of sp³-hybridized carbons (Fsp3) is 0.294.